The highest BCUT2D eigenvalue weighted by Crippen LogP contribution is 2.29. The standard InChI is InChI=1S/C20H38O4Si/c1-5-9-15-23-19(21)13-14-20(22)24-25(16-10-6-2,17-11-7-3)18-12-8-4/h13-14H,5-12,15-18H2,1-4H3/b14-13+. The maximum atomic E-state index is 12.3. The van der Waals surface area contributed by atoms with Gasteiger partial charge in [-0.05, 0) is 24.6 Å². The second-order valence-electron chi connectivity index (χ2n) is 6.77. The zero-order chi connectivity index (χ0) is 19.0. The fraction of sp³-hybridized carbons (Fsp3) is 0.800. The third-order valence-electron chi connectivity index (χ3n) is 4.37. The summed E-state index contributed by atoms with van der Waals surface area (Å²) in [6.07, 6.45) is 10.9. The van der Waals surface area contributed by atoms with Crippen molar-refractivity contribution in [3.8, 4) is 0 Å². The van der Waals surface area contributed by atoms with Crippen LogP contribution in [0.5, 0.6) is 0 Å². The predicted molar refractivity (Wildman–Crippen MR) is 106 cm³/mol. The molecule has 0 unspecified atom stereocenters. The van der Waals surface area contributed by atoms with Crippen molar-refractivity contribution >= 4 is 20.3 Å². The molecule has 0 atom stereocenters. The Morgan fingerprint density at radius 3 is 1.60 bits per heavy atom. The van der Waals surface area contributed by atoms with Gasteiger partial charge in [-0.25, -0.2) is 9.59 Å². The van der Waals surface area contributed by atoms with Crippen LogP contribution in [0.4, 0.5) is 0 Å². The molecule has 0 aromatic rings. The van der Waals surface area contributed by atoms with E-state index in [1.54, 1.807) is 0 Å². The van der Waals surface area contributed by atoms with E-state index in [1.165, 1.54) is 12.2 Å². The number of esters is 1. The minimum absolute atomic E-state index is 0.373. The lowest BCUT2D eigenvalue weighted by Gasteiger charge is -2.31. The highest BCUT2D eigenvalue weighted by atomic mass is 28.4. The van der Waals surface area contributed by atoms with Gasteiger partial charge < -0.3 is 9.16 Å². The Morgan fingerprint density at radius 2 is 1.16 bits per heavy atom. The maximum absolute atomic E-state index is 12.3. The van der Waals surface area contributed by atoms with Crippen molar-refractivity contribution in [1.29, 1.82) is 0 Å². The number of rotatable bonds is 15. The van der Waals surface area contributed by atoms with Crippen molar-refractivity contribution < 1.29 is 18.8 Å². The number of ether oxygens (including phenoxy) is 1. The summed E-state index contributed by atoms with van der Waals surface area (Å²) in [6.45, 7) is 8.96. The summed E-state index contributed by atoms with van der Waals surface area (Å²) < 4.78 is 11.1. The second kappa shape index (κ2) is 15.2. The molecule has 0 heterocycles. The van der Waals surface area contributed by atoms with Gasteiger partial charge in [-0.3, -0.25) is 0 Å². The topological polar surface area (TPSA) is 52.6 Å². The average Bonchev–Trinajstić information content (AvgIpc) is 2.61. The Hall–Kier alpha value is -1.10. The molecule has 25 heavy (non-hydrogen) atoms. The molecule has 0 aromatic carbocycles. The molecular weight excluding hydrogens is 332 g/mol. The number of hydrogen-bond donors (Lipinski definition) is 0. The van der Waals surface area contributed by atoms with Gasteiger partial charge in [0.25, 0.3) is 8.32 Å². The smallest absolute Gasteiger partial charge is 0.331 e. The van der Waals surface area contributed by atoms with Crippen LogP contribution in [0.1, 0.15) is 79.1 Å². The van der Waals surface area contributed by atoms with Crippen LogP contribution < -0.4 is 0 Å². The molecule has 0 saturated heterocycles. The predicted octanol–water partition coefficient (Wildman–Crippen LogP) is 5.77. The Balaban J connectivity index is 4.81. The molecule has 0 N–H and O–H groups in total. The first-order valence-corrected chi connectivity index (χ1v) is 12.6. The van der Waals surface area contributed by atoms with Crippen molar-refractivity contribution in [2.75, 3.05) is 6.61 Å². The van der Waals surface area contributed by atoms with E-state index < -0.39 is 14.3 Å². The summed E-state index contributed by atoms with van der Waals surface area (Å²) >= 11 is 0. The van der Waals surface area contributed by atoms with Gasteiger partial charge in [0.15, 0.2) is 0 Å². The van der Waals surface area contributed by atoms with E-state index >= 15 is 0 Å². The molecule has 0 spiro atoms. The highest BCUT2D eigenvalue weighted by molar-refractivity contribution is 6.75. The molecule has 0 aliphatic rings. The zero-order valence-electron chi connectivity index (χ0n) is 16.8. The van der Waals surface area contributed by atoms with E-state index in [-0.39, 0.29) is 5.97 Å². The quantitative estimate of drug-likeness (QED) is 0.159. The minimum atomic E-state index is -2.08. The van der Waals surface area contributed by atoms with Gasteiger partial charge >= 0.3 is 11.9 Å². The third-order valence-corrected chi connectivity index (χ3v) is 8.80. The summed E-state index contributed by atoms with van der Waals surface area (Å²) in [6, 6.07) is 3.10. The van der Waals surface area contributed by atoms with Gasteiger partial charge in [-0.1, -0.05) is 72.6 Å². The molecule has 0 rings (SSSR count). The van der Waals surface area contributed by atoms with Crippen LogP contribution in [-0.2, 0) is 18.8 Å². The number of carbonyl (C=O) groups excluding carboxylic acids is 2. The lowest BCUT2D eigenvalue weighted by molar-refractivity contribution is -0.138. The SMILES string of the molecule is CCCCOC(=O)/C=C/C(=O)O[Si](CCCC)(CCCC)CCCC. The van der Waals surface area contributed by atoms with Gasteiger partial charge in [-0.2, -0.15) is 0 Å². The van der Waals surface area contributed by atoms with Crippen molar-refractivity contribution in [1.82, 2.24) is 0 Å². The van der Waals surface area contributed by atoms with Crippen molar-refractivity contribution in [2.45, 2.75) is 97.2 Å². The fourth-order valence-electron chi connectivity index (χ4n) is 2.77. The van der Waals surface area contributed by atoms with E-state index in [4.69, 9.17) is 9.16 Å². The van der Waals surface area contributed by atoms with Gasteiger partial charge in [0.1, 0.15) is 0 Å². The van der Waals surface area contributed by atoms with Gasteiger partial charge in [-0.15, -0.1) is 0 Å². The third kappa shape index (κ3) is 12.0. The normalized spacial score (nSPS) is 11.7. The summed E-state index contributed by atoms with van der Waals surface area (Å²) in [7, 11) is -2.08. The fourth-order valence-corrected chi connectivity index (χ4v) is 7.32. The van der Waals surface area contributed by atoms with Gasteiger partial charge in [0, 0.05) is 12.2 Å². The van der Waals surface area contributed by atoms with Gasteiger partial charge in [0.2, 0.25) is 0 Å². The first-order chi connectivity index (χ1) is 12.0. The highest BCUT2D eigenvalue weighted by Gasteiger charge is 2.36. The van der Waals surface area contributed by atoms with Crippen LogP contribution >= 0.6 is 0 Å². The largest absolute Gasteiger partial charge is 0.516 e. The number of hydrogen-bond acceptors (Lipinski definition) is 4. The van der Waals surface area contributed by atoms with E-state index in [1.807, 2.05) is 6.92 Å². The molecule has 0 bridgehead atoms. The van der Waals surface area contributed by atoms with Crippen LogP contribution in [0.2, 0.25) is 18.1 Å². The van der Waals surface area contributed by atoms with E-state index in [2.05, 4.69) is 20.8 Å². The van der Waals surface area contributed by atoms with Crippen molar-refractivity contribution in [3.05, 3.63) is 12.2 Å². The molecule has 0 radical (unpaired) electrons. The monoisotopic (exact) mass is 370 g/mol. The lowest BCUT2D eigenvalue weighted by atomic mass is 10.4. The molecule has 4 nitrogen and oxygen atoms in total. The maximum Gasteiger partial charge on any atom is 0.331 e. The van der Waals surface area contributed by atoms with Crippen LogP contribution in [0.3, 0.4) is 0 Å². The number of unbranched alkanes of at least 4 members (excludes halogenated alkanes) is 4. The lowest BCUT2D eigenvalue weighted by Crippen LogP contribution is -2.40. The molecule has 5 heteroatoms. The molecule has 0 saturated carbocycles. The first kappa shape index (κ1) is 23.9. The molecule has 146 valence electrons. The van der Waals surface area contributed by atoms with E-state index in [9.17, 15) is 9.59 Å². The molecule has 0 aromatic heterocycles. The van der Waals surface area contributed by atoms with Crippen molar-refractivity contribution in [2.24, 2.45) is 0 Å². The Bertz CT molecular complexity index is 371. The number of carbonyl (C=O) groups is 2. The first-order valence-electron chi connectivity index (χ1n) is 10.1. The van der Waals surface area contributed by atoms with E-state index in [0.29, 0.717) is 6.61 Å². The van der Waals surface area contributed by atoms with Crippen LogP contribution in [0.15, 0.2) is 12.2 Å². The van der Waals surface area contributed by atoms with Gasteiger partial charge in [0.05, 0.1) is 6.61 Å². The second-order valence-corrected chi connectivity index (χ2v) is 10.8. The molecule has 0 fully saturated rings. The van der Waals surface area contributed by atoms with Crippen LogP contribution in [0.25, 0.3) is 0 Å². The summed E-state index contributed by atoms with van der Waals surface area (Å²) in [5, 5.41) is 0. The molecule has 0 aliphatic carbocycles. The molecule has 0 amide bonds. The summed E-state index contributed by atoms with van der Waals surface area (Å²) in [5.41, 5.74) is 0. The summed E-state index contributed by atoms with van der Waals surface area (Å²) in [4.78, 5) is 23.9. The summed E-state index contributed by atoms with van der Waals surface area (Å²) in [5.74, 6) is -0.837. The Morgan fingerprint density at radius 1 is 0.720 bits per heavy atom. The average molecular weight is 371 g/mol. The Kier molecular flexibility index (Phi) is 14.5. The molecular formula is C20H38O4Si. The van der Waals surface area contributed by atoms with Crippen molar-refractivity contribution in [3.63, 3.8) is 0 Å². The van der Waals surface area contributed by atoms with Crippen LogP contribution in [0, 0.1) is 0 Å². The molecule has 0 aliphatic heterocycles. The Labute approximate surface area is 155 Å². The minimum Gasteiger partial charge on any atom is -0.516 e. The van der Waals surface area contributed by atoms with Crippen LogP contribution in [-0.4, -0.2) is 26.9 Å². The van der Waals surface area contributed by atoms with E-state index in [0.717, 1.165) is 69.5 Å². The zero-order valence-corrected chi connectivity index (χ0v) is 17.8.